The molecule has 5 heavy (non-hydrogen) atoms. The molecule has 26 valence electrons. The average Bonchev–Trinajstić information content (AvgIpc) is 1.76. The van der Waals surface area contributed by atoms with Crippen LogP contribution in [-0.4, -0.2) is 0 Å². The van der Waals surface area contributed by atoms with Gasteiger partial charge in [-0.25, -0.2) is 0 Å². The van der Waals surface area contributed by atoms with E-state index in [1.54, 1.807) is 11.3 Å². The van der Waals surface area contributed by atoms with Crippen LogP contribution in [0.5, 0.6) is 0 Å². The Morgan fingerprint density at radius 3 is 1.80 bits per heavy atom. The molecule has 0 amide bonds. The molecular weight excluding hydrogens is 81.1 g/mol. The Balaban J connectivity index is 3.13. The molecular formula is C4H4S. The van der Waals surface area contributed by atoms with E-state index in [9.17, 15) is 0 Å². The molecule has 1 aromatic heterocycles. The fourth-order valence-corrected chi connectivity index (χ4v) is 0.680. The van der Waals surface area contributed by atoms with Crippen molar-refractivity contribution in [1.82, 2.24) is 0 Å². The van der Waals surface area contributed by atoms with Crippen molar-refractivity contribution in [2.24, 2.45) is 0 Å². The topological polar surface area (TPSA) is 0 Å². The zero-order valence-corrected chi connectivity index (χ0v) is 3.53. The van der Waals surface area contributed by atoms with E-state index in [4.69, 9.17) is 0 Å². The lowest BCUT2D eigenvalue weighted by atomic mass is 10.8. The first-order valence-corrected chi connectivity index (χ1v) is 2.41. The summed E-state index contributed by atoms with van der Waals surface area (Å²) in [5.74, 6) is 0. The maximum atomic E-state index is 2.04. The average molecular weight is 85.1 g/mol. The Bertz CT molecular complexity index is 60.1. The molecule has 0 radical (unpaired) electrons. The minimum absolute atomic E-state index is 1.71. The third-order valence-corrected chi connectivity index (χ3v) is 1.05. The van der Waals surface area contributed by atoms with E-state index in [1.807, 2.05) is 22.9 Å². The van der Waals surface area contributed by atoms with Crippen LogP contribution in [0, 0.1) is 0 Å². The molecule has 1 rings (SSSR count). The van der Waals surface area contributed by atoms with E-state index in [0.29, 0.717) is 0 Å². The molecule has 0 atom stereocenters. The highest BCUT2D eigenvalue weighted by Gasteiger charge is 1.58. The van der Waals surface area contributed by atoms with Gasteiger partial charge in [-0.2, -0.15) is 11.3 Å². The van der Waals surface area contributed by atoms with Gasteiger partial charge in [0.25, 0.3) is 0 Å². The van der Waals surface area contributed by atoms with Crippen LogP contribution in [0.2, 0.25) is 0 Å². The van der Waals surface area contributed by atoms with Crippen molar-refractivity contribution >= 4 is 11.3 Å². The van der Waals surface area contributed by atoms with Crippen molar-refractivity contribution in [3.8, 4) is 0 Å². The fraction of sp³-hybridized carbons (Fsp3) is 0. The van der Waals surface area contributed by atoms with E-state index in [0.717, 1.165) is 0 Å². The zero-order valence-electron chi connectivity index (χ0n) is 2.72. The Hall–Kier alpha value is -0.300. The first-order valence-electron chi connectivity index (χ1n) is 1.47. The van der Waals surface area contributed by atoms with Crippen LogP contribution in [0.25, 0.3) is 0 Å². The van der Waals surface area contributed by atoms with Crippen molar-refractivity contribution < 1.29 is 0 Å². The van der Waals surface area contributed by atoms with Gasteiger partial charge in [-0.15, -0.1) is 0 Å². The molecule has 0 bridgehead atoms. The molecule has 0 spiro atoms. The number of hydrogen-bond acceptors (Lipinski definition) is 1. The lowest BCUT2D eigenvalue weighted by Crippen LogP contribution is -1.16. The molecule has 0 nitrogen and oxygen atoms in total. The van der Waals surface area contributed by atoms with E-state index >= 15 is 0 Å². The molecule has 0 aliphatic carbocycles. The van der Waals surface area contributed by atoms with Gasteiger partial charge in [0.2, 0.25) is 0 Å². The van der Waals surface area contributed by atoms with Crippen LogP contribution in [0.15, 0.2) is 22.9 Å². The molecule has 0 N–H and O–H groups in total. The molecule has 0 aliphatic rings. The molecule has 0 aliphatic heterocycles. The molecule has 1 heterocycles. The van der Waals surface area contributed by atoms with Crippen LogP contribution < -0.4 is 0 Å². The van der Waals surface area contributed by atoms with Gasteiger partial charge < -0.3 is 0 Å². The predicted molar refractivity (Wildman–Crippen MR) is 24.3 cm³/mol. The summed E-state index contributed by atoms with van der Waals surface area (Å²) < 4.78 is 0. The Kier molecular flexibility index (Phi) is 0.711. The predicted octanol–water partition coefficient (Wildman–Crippen LogP) is 1.75. The largest absolute Gasteiger partial charge is 0.152 e. The summed E-state index contributed by atoms with van der Waals surface area (Å²) in [6.07, 6.45) is 0. The zero-order chi connectivity index (χ0) is 3.54. The van der Waals surface area contributed by atoms with Gasteiger partial charge in [-0.3, -0.25) is 0 Å². The van der Waals surface area contributed by atoms with E-state index in [2.05, 4.69) is 0 Å². The second-order valence-corrected chi connectivity index (χ2v) is 1.61. The van der Waals surface area contributed by atoms with E-state index in [-0.39, 0.29) is 0 Å². The Morgan fingerprint density at radius 2 is 1.60 bits per heavy atom. The first kappa shape index (κ1) is 2.91. The lowest BCUT2D eigenvalue weighted by Gasteiger charge is -1.39. The summed E-state index contributed by atoms with van der Waals surface area (Å²) in [7, 11) is 0. The van der Waals surface area contributed by atoms with Crippen LogP contribution >= 0.6 is 11.3 Å². The second kappa shape index (κ2) is 1.22. The smallest absolute Gasteiger partial charge is 0.00934 e. The summed E-state index contributed by atoms with van der Waals surface area (Å²) in [6, 6.07) is 4.04. The summed E-state index contributed by atoms with van der Waals surface area (Å²) in [4.78, 5) is 0. The highest BCUT2D eigenvalue weighted by Crippen LogP contribution is 1.91. The maximum absolute atomic E-state index is 2.04. The highest BCUT2D eigenvalue weighted by molar-refractivity contribution is 7.07. The van der Waals surface area contributed by atoms with Crippen molar-refractivity contribution in [2.45, 2.75) is 0 Å². The minimum atomic E-state index is 1.71. The number of thiophene rings is 1. The summed E-state index contributed by atoms with van der Waals surface area (Å²) in [5.41, 5.74) is 0. The normalized spacial score (nSPS) is 8.00. The molecule has 1 aromatic rings. The van der Waals surface area contributed by atoms with Crippen molar-refractivity contribution in [3.63, 3.8) is 0 Å². The van der Waals surface area contributed by atoms with Gasteiger partial charge >= 0.3 is 0 Å². The van der Waals surface area contributed by atoms with Crippen LogP contribution in [0.4, 0.5) is 0 Å². The third kappa shape index (κ3) is 0.484. The quantitative estimate of drug-likeness (QED) is 0.450. The van der Waals surface area contributed by atoms with Gasteiger partial charge in [-0.05, 0) is 10.8 Å². The monoisotopic (exact) mass is 85.0 g/mol. The first-order chi connectivity index (χ1) is 2.50. The van der Waals surface area contributed by atoms with E-state index < -0.39 is 0 Å². The Labute approximate surface area is 35.1 Å². The highest BCUT2D eigenvalue weighted by atomic mass is 32.1. The number of rotatable bonds is 0. The van der Waals surface area contributed by atoms with Crippen LogP contribution in [0.1, 0.15) is 0 Å². The lowest BCUT2D eigenvalue weighted by molar-refractivity contribution is 2.03. The molecule has 0 saturated heterocycles. The van der Waals surface area contributed by atoms with Crippen LogP contribution in [0.3, 0.4) is 0 Å². The van der Waals surface area contributed by atoms with Crippen LogP contribution in [-0.2, 0) is 0 Å². The van der Waals surface area contributed by atoms with Gasteiger partial charge in [-0.1, -0.05) is 12.1 Å². The molecule has 0 aromatic carbocycles. The number of hydrogen-bond donors (Lipinski definition) is 0. The fourth-order valence-electron chi connectivity index (χ4n) is 0.227. The van der Waals surface area contributed by atoms with E-state index in [1.165, 1.54) is 0 Å². The SMILES string of the molecule is c1c[13cH]sc1. The summed E-state index contributed by atoms with van der Waals surface area (Å²) in [5, 5.41) is 4.08. The van der Waals surface area contributed by atoms with Crippen molar-refractivity contribution in [2.75, 3.05) is 0 Å². The van der Waals surface area contributed by atoms with Gasteiger partial charge in [0.15, 0.2) is 0 Å². The maximum Gasteiger partial charge on any atom is -0.00934 e. The molecule has 0 fully saturated rings. The van der Waals surface area contributed by atoms with Gasteiger partial charge in [0, 0.05) is 0 Å². The van der Waals surface area contributed by atoms with Crippen molar-refractivity contribution in [3.05, 3.63) is 22.9 Å². The molecule has 0 saturated carbocycles. The minimum Gasteiger partial charge on any atom is -0.152 e. The van der Waals surface area contributed by atoms with Gasteiger partial charge in [0.1, 0.15) is 0 Å². The Morgan fingerprint density at radius 1 is 1.00 bits per heavy atom. The van der Waals surface area contributed by atoms with Crippen molar-refractivity contribution in [1.29, 1.82) is 0 Å². The molecule has 0 unspecified atom stereocenters. The molecule has 1 heteroatoms. The third-order valence-electron chi connectivity index (χ3n) is 0.425. The van der Waals surface area contributed by atoms with Gasteiger partial charge in [0.05, 0.1) is 0 Å². The summed E-state index contributed by atoms with van der Waals surface area (Å²) >= 11 is 1.71. The standard InChI is InChI=1S/C4H4S/c1-2-4-5-3-1/h1-4H/i3+1. The second-order valence-electron chi connectivity index (χ2n) is 0.793. The summed E-state index contributed by atoms with van der Waals surface area (Å²) in [6.45, 7) is 0.